The molecule has 12 heteroatoms. The van der Waals surface area contributed by atoms with E-state index in [0.29, 0.717) is 34.3 Å². The molecule has 0 aliphatic heterocycles. The molecular weight excluding hydrogens is 523 g/mol. The van der Waals surface area contributed by atoms with Crippen molar-refractivity contribution in [2.45, 2.75) is 45.3 Å². The quantitative estimate of drug-likeness (QED) is 0.295. The Hall–Kier alpha value is -4.61. The van der Waals surface area contributed by atoms with Crippen LogP contribution in [0.1, 0.15) is 47.0 Å². The molecule has 9 nitrogen and oxygen atoms in total. The third kappa shape index (κ3) is 4.59. The summed E-state index contributed by atoms with van der Waals surface area (Å²) in [4.78, 5) is 31.3. The van der Waals surface area contributed by atoms with Crippen LogP contribution in [0.2, 0.25) is 0 Å². The lowest BCUT2D eigenvalue weighted by Gasteiger charge is -2.14. The molecule has 0 amide bonds. The third-order valence-electron chi connectivity index (χ3n) is 6.98. The number of ether oxygens (including phenoxy) is 1. The van der Waals surface area contributed by atoms with Crippen LogP contribution in [0.5, 0.6) is 5.88 Å². The highest BCUT2D eigenvalue weighted by molar-refractivity contribution is 5.81. The molecule has 0 N–H and O–H groups in total. The number of alkyl halides is 3. The molecule has 0 spiro atoms. The minimum atomic E-state index is -4.53. The van der Waals surface area contributed by atoms with E-state index in [1.165, 1.54) is 24.2 Å². The Balaban J connectivity index is 1.40. The number of fused-ring (bicyclic) bond motifs is 1. The van der Waals surface area contributed by atoms with E-state index in [9.17, 15) is 18.0 Å². The van der Waals surface area contributed by atoms with E-state index in [2.05, 4.69) is 20.1 Å². The van der Waals surface area contributed by atoms with E-state index >= 15 is 0 Å². The molecule has 0 saturated heterocycles. The number of aryl methyl sites for hydroxylation is 2. The van der Waals surface area contributed by atoms with Crippen molar-refractivity contribution in [3.8, 4) is 23.0 Å². The smallest absolute Gasteiger partial charge is 0.435 e. The number of benzene rings is 1. The van der Waals surface area contributed by atoms with Gasteiger partial charge in [-0.2, -0.15) is 18.3 Å². The number of hydrogen-bond donors (Lipinski definition) is 0. The predicted molar refractivity (Wildman–Crippen MR) is 140 cm³/mol. The number of hydrogen-bond acceptors (Lipinski definition) is 7. The molecule has 4 aromatic heterocycles. The molecule has 5 aromatic rings. The van der Waals surface area contributed by atoms with E-state index in [1.807, 2.05) is 6.92 Å². The number of halogens is 3. The van der Waals surface area contributed by atoms with Gasteiger partial charge in [0.2, 0.25) is 5.88 Å². The van der Waals surface area contributed by atoms with Gasteiger partial charge in [0, 0.05) is 29.3 Å². The summed E-state index contributed by atoms with van der Waals surface area (Å²) in [6.45, 7) is 3.58. The summed E-state index contributed by atoms with van der Waals surface area (Å²) in [5, 5.41) is 4.42. The van der Waals surface area contributed by atoms with Gasteiger partial charge in [0.15, 0.2) is 11.5 Å². The van der Waals surface area contributed by atoms with Gasteiger partial charge in [-0.1, -0.05) is 12.1 Å². The second kappa shape index (κ2) is 9.54. The number of methoxy groups -OCH3 is 1. The molecule has 0 bridgehead atoms. The van der Waals surface area contributed by atoms with Gasteiger partial charge >= 0.3 is 6.18 Å². The Morgan fingerprint density at radius 3 is 2.45 bits per heavy atom. The van der Waals surface area contributed by atoms with Crippen molar-refractivity contribution in [2.75, 3.05) is 7.11 Å². The minimum Gasteiger partial charge on any atom is -0.480 e. The monoisotopic (exact) mass is 547 g/mol. The molecule has 0 radical (unpaired) electrons. The van der Waals surface area contributed by atoms with Crippen LogP contribution in [0.15, 0.2) is 53.7 Å². The second-order valence-electron chi connectivity index (χ2n) is 9.85. The first-order valence-corrected chi connectivity index (χ1v) is 12.6. The fraction of sp³-hybridized carbons (Fsp3) is 0.286. The van der Waals surface area contributed by atoms with Crippen LogP contribution in [0, 0.1) is 13.8 Å². The predicted octanol–water partition coefficient (Wildman–Crippen LogP) is 5.00. The first kappa shape index (κ1) is 25.7. The van der Waals surface area contributed by atoms with Gasteiger partial charge in [0.25, 0.3) is 5.56 Å². The third-order valence-corrected chi connectivity index (χ3v) is 6.98. The molecule has 204 valence electrons. The maximum absolute atomic E-state index is 13.2. The highest BCUT2D eigenvalue weighted by atomic mass is 19.4. The van der Waals surface area contributed by atoms with Crippen LogP contribution in [0.25, 0.3) is 28.1 Å². The van der Waals surface area contributed by atoms with E-state index < -0.39 is 11.9 Å². The van der Waals surface area contributed by atoms with Crippen LogP contribution in [-0.2, 0) is 12.7 Å². The fourth-order valence-electron chi connectivity index (χ4n) is 4.79. The van der Waals surface area contributed by atoms with Crippen molar-refractivity contribution in [1.82, 2.24) is 34.3 Å². The average Bonchev–Trinajstić information content (AvgIpc) is 3.70. The van der Waals surface area contributed by atoms with Crippen LogP contribution in [0.4, 0.5) is 13.2 Å². The Labute approximate surface area is 226 Å². The van der Waals surface area contributed by atoms with E-state index in [4.69, 9.17) is 9.72 Å². The van der Waals surface area contributed by atoms with Crippen molar-refractivity contribution in [3.05, 3.63) is 87.5 Å². The summed E-state index contributed by atoms with van der Waals surface area (Å²) < 4.78 is 47.6. The van der Waals surface area contributed by atoms with E-state index in [-0.39, 0.29) is 18.0 Å². The normalized spacial score (nSPS) is 13.7. The molecule has 1 saturated carbocycles. The van der Waals surface area contributed by atoms with Crippen LogP contribution < -0.4 is 10.3 Å². The maximum Gasteiger partial charge on any atom is 0.435 e. The molecule has 0 atom stereocenters. The average molecular weight is 548 g/mol. The van der Waals surface area contributed by atoms with Gasteiger partial charge in [-0.15, -0.1) is 0 Å². The highest BCUT2D eigenvalue weighted by Crippen LogP contribution is 2.44. The van der Waals surface area contributed by atoms with Crippen LogP contribution in [-0.4, -0.2) is 41.4 Å². The molecule has 1 aliphatic rings. The fourth-order valence-corrected chi connectivity index (χ4v) is 4.79. The largest absolute Gasteiger partial charge is 0.480 e. The van der Waals surface area contributed by atoms with Gasteiger partial charge in [0.1, 0.15) is 17.5 Å². The summed E-state index contributed by atoms with van der Waals surface area (Å²) in [5.74, 6) is 1.03. The summed E-state index contributed by atoms with van der Waals surface area (Å²) in [6, 6.07) is 9.39. The zero-order valence-corrected chi connectivity index (χ0v) is 21.9. The summed E-state index contributed by atoms with van der Waals surface area (Å²) in [7, 11) is 1.53. The zero-order chi connectivity index (χ0) is 28.2. The van der Waals surface area contributed by atoms with Gasteiger partial charge in [0.05, 0.1) is 25.0 Å². The lowest BCUT2D eigenvalue weighted by Crippen LogP contribution is -2.22. The minimum absolute atomic E-state index is 0.191. The molecule has 40 heavy (non-hydrogen) atoms. The Morgan fingerprint density at radius 1 is 1.05 bits per heavy atom. The second-order valence-corrected chi connectivity index (χ2v) is 9.85. The lowest BCUT2D eigenvalue weighted by atomic mass is 10.1. The first-order chi connectivity index (χ1) is 19.1. The summed E-state index contributed by atoms with van der Waals surface area (Å²) >= 11 is 0. The van der Waals surface area contributed by atoms with Crippen molar-refractivity contribution < 1.29 is 17.9 Å². The number of aromatic nitrogens is 7. The van der Waals surface area contributed by atoms with E-state index in [0.717, 1.165) is 41.1 Å². The van der Waals surface area contributed by atoms with Gasteiger partial charge in [-0.3, -0.25) is 9.36 Å². The molecular formula is C28H24F3N7O2. The molecule has 4 heterocycles. The zero-order valence-electron chi connectivity index (χ0n) is 21.9. The molecule has 1 aromatic carbocycles. The molecule has 0 unspecified atom stereocenters. The summed E-state index contributed by atoms with van der Waals surface area (Å²) in [5.41, 5.74) is 3.04. The molecule has 6 rings (SSSR count). The summed E-state index contributed by atoms with van der Waals surface area (Å²) in [6.07, 6.45) is 0.648. The number of rotatable bonds is 6. The number of nitrogens with zero attached hydrogens (tertiary/aromatic N) is 7. The Morgan fingerprint density at radius 2 is 1.80 bits per heavy atom. The van der Waals surface area contributed by atoms with Gasteiger partial charge in [-0.05, 0) is 56.0 Å². The van der Waals surface area contributed by atoms with Crippen LogP contribution >= 0.6 is 0 Å². The van der Waals surface area contributed by atoms with Crippen molar-refractivity contribution in [3.63, 3.8) is 0 Å². The maximum atomic E-state index is 13.2. The SMILES string of the molecule is COc1ncnc(C2CC2)c1-c1ncc2c(C)cc(=O)n(Cc3ccc(-n4nc(C(F)(F)F)cc4C)cc3)c2n1. The van der Waals surface area contributed by atoms with Crippen molar-refractivity contribution >= 4 is 11.0 Å². The highest BCUT2D eigenvalue weighted by Gasteiger charge is 2.34. The van der Waals surface area contributed by atoms with Crippen LogP contribution in [0.3, 0.4) is 0 Å². The topological polar surface area (TPSA) is 101 Å². The Bertz CT molecular complexity index is 1810. The molecule has 1 aliphatic carbocycles. The number of pyridine rings is 1. The van der Waals surface area contributed by atoms with Gasteiger partial charge < -0.3 is 4.74 Å². The van der Waals surface area contributed by atoms with E-state index in [1.54, 1.807) is 42.0 Å². The first-order valence-electron chi connectivity index (χ1n) is 12.6. The van der Waals surface area contributed by atoms with Gasteiger partial charge in [-0.25, -0.2) is 24.6 Å². The van der Waals surface area contributed by atoms with Crippen molar-refractivity contribution in [1.29, 1.82) is 0 Å². The Kier molecular flexibility index (Phi) is 6.12. The lowest BCUT2D eigenvalue weighted by molar-refractivity contribution is -0.141. The molecule has 1 fully saturated rings. The standard InChI is InChI=1S/C28H24F3N7O2/c1-15-10-22(39)37(13-17-4-8-19(9-5-17)38-16(2)11-21(36-38)28(29,30)31)26-20(15)12-32-25(35-26)23-24(18-6-7-18)33-14-34-27(23)40-3/h4-5,8-12,14,18H,6-7,13H2,1-3H3. The van der Waals surface area contributed by atoms with Crippen molar-refractivity contribution in [2.24, 2.45) is 0 Å².